The average Bonchev–Trinajstić information content (AvgIpc) is 2.55. The van der Waals surface area contributed by atoms with Crippen LogP contribution < -0.4 is 10.1 Å². The maximum absolute atomic E-state index is 12.1. The van der Waals surface area contributed by atoms with Crippen molar-refractivity contribution >= 4 is 5.91 Å². The second-order valence-corrected chi connectivity index (χ2v) is 6.23. The highest BCUT2D eigenvalue weighted by atomic mass is 16.5. The highest BCUT2D eigenvalue weighted by molar-refractivity contribution is 5.77. The Labute approximate surface area is 143 Å². The first-order valence-electron chi connectivity index (χ1n) is 8.10. The largest absolute Gasteiger partial charge is 0.496 e. The van der Waals surface area contributed by atoms with Gasteiger partial charge < -0.3 is 15.2 Å². The first-order chi connectivity index (χ1) is 11.4. The van der Waals surface area contributed by atoms with Gasteiger partial charge in [0.25, 0.3) is 0 Å². The van der Waals surface area contributed by atoms with E-state index < -0.39 is 5.60 Å². The van der Waals surface area contributed by atoms with Gasteiger partial charge in [-0.15, -0.1) is 0 Å². The van der Waals surface area contributed by atoms with Gasteiger partial charge in [0.15, 0.2) is 0 Å². The molecule has 4 heteroatoms. The molecule has 0 radical (unpaired) electrons. The number of nitrogens with one attached hydrogen (secondary N) is 1. The van der Waals surface area contributed by atoms with E-state index in [2.05, 4.69) is 11.4 Å². The van der Waals surface area contributed by atoms with Crippen molar-refractivity contribution in [1.82, 2.24) is 5.32 Å². The molecule has 0 aliphatic rings. The summed E-state index contributed by atoms with van der Waals surface area (Å²) in [6, 6.07) is 15.2. The van der Waals surface area contributed by atoms with E-state index in [0.717, 1.165) is 22.4 Å². The molecule has 0 heterocycles. The van der Waals surface area contributed by atoms with Crippen molar-refractivity contribution in [3.05, 3.63) is 65.2 Å². The highest BCUT2D eigenvalue weighted by Crippen LogP contribution is 2.24. The van der Waals surface area contributed by atoms with Crippen LogP contribution in [-0.4, -0.2) is 24.7 Å². The summed E-state index contributed by atoms with van der Waals surface area (Å²) in [6.07, 6.45) is 0.714. The molecule has 2 rings (SSSR count). The summed E-state index contributed by atoms with van der Waals surface area (Å²) in [5.74, 6) is 0.654. The number of aryl methyl sites for hydroxylation is 1. The third-order valence-corrected chi connectivity index (χ3v) is 4.05. The number of benzene rings is 2. The Bertz CT molecular complexity index is 681. The van der Waals surface area contributed by atoms with Crippen LogP contribution in [0.25, 0.3) is 0 Å². The molecule has 0 saturated carbocycles. The summed E-state index contributed by atoms with van der Waals surface area (Å²) in [4.78, 5) is 12.1. The third-order valence-electron chi connectivity index (χ3n) is 4.05. The quantitative estimate of drug-likeness (QED) is 0.822. The molecule has 1 amide bonds. The van der Waals surface area contributed by atoms with Crippen LogP contribution in [0.4, 0.5) is 0 Å². The molecule has 2 N–H and O–H groups in total. The second kappa shape index (κ2) is 7.97. The van der Waals surface area contributed by atoms with Gasteiger partial charge in [0.05, 0.1) is 19.1 Å². The molecule has 0 aromatic heterocycles. The lowest BCUT2D eigenvalue weighted by atomic mass is 9.92. The number of amides is 1. The lowest BCUT2D eigenvalue weighted by molar-refractivity contribution is -0.125. The number of methoxy groups -OCH3 is 1. The Morgan fingerprint density at radius 1 is 1.21 bits per heavy atom. The standard InChI is InChI=1S/C20H25NO3/c1-15-9-10-18(24-3)16(13-15)11-12-21-19(22)14-20(2,23)17-7-5-4-6-8-17/h4-10,13,23H,11-12,14H2,1-3H3,(H,21,22). The van der Waals surface area contributed by atoms with Crippen LogP contribution in [0.3, 0.4) is 0 Å². The second-order valence-electron chi connectivity index (χ2n) is 6.23. The van der Waals surface area contributed by atoms with Crippen molar-refractivity contribution in [2.45, 2.75) is 32.3 Å². The summed E-state index contributed by atoms with van der Waals surface area (Å²) >= 11 is 0. The molecule has 0 spiro atoms. The van der Waals surface area contributed by atoms with Crippen LogP contribution in [-0.2, 0) is 16.8 Å². The number of aliphatic hydroxyl groups is 1. The van der Waals surface area contributed by atoms with Gasteiger partial charge in [-0.3, -0.25) is 4.79 Å². The molecule has 2 aromatic rings. The van der Waals surface area contributed by atoms with Crippen molar-refractivity contribution in [3.63, 3.8) is 0 Å². The minimum absolute atomic E-state index is 0.0297. The monoisotopic (exact) mass is 327 g/mol. The smallest absolute Gasteiger partial charge is 0.223 e. The molecular formula is C20H25NO3. The Hall–Kier alpha value is -2.33. The molecule has 2 aromatic carbocycles. The van der Waals surface area contributed by atoms with Crippen LogP contribution in [0.15, 0.2) is 48.5 Å². The summed E-state index contributed by atoms with van der Waals surface area (Å²) in [7, 11) is 1.64. The van der Waals surface area contributed by atoms with Crippen molar-refractivity contribution in [2.75, 3.05) is 13.7 Å². The van der Waals surface area contributed by atoms with E-state index in [0.29, 0.717) is 13.0 Å². The topological polar surface area (TPSA) is 58.6 Å². The zero-order valence-electron chi connectivity index (χ0n) is 14.5. The van der Waals surface area contributed by atoms with Crippen LogP contribution in [0, 0.1) is 6.92 Å². The van der Waals surface area contributed by atoms with Gasteiger partial charge >= 0.3 is 0 Å². The number of carbonyl (C=O) groups excluding carboxylic acids is 1. The first kappa shape index (κ1) is 18.0. The number of rotatable bonds is 7. The fourth-order valence-electron chi connectivity index (χ4n) is 2.71. The molecule has 0 fully saturated rings. The Morgan fingerprint density at radius 3 is 2.58 bits per heavy atom. The van der Waals surface area contributed by atoms with E-state index in [4.69, 9.17) is 4.74 Å². The fourth-order valence-corrected chi connectivity index (χ4v) is 2.71. The van der Waals surface area contributed by atoms with E-state index in [1.807, 2.05) is 49.4 Å². The predicted molar refractivity (Wildman–Crippen MR) is 95.1 cm³/mol. The number of hydrogen-bond acceptors (Lipinski definition) is 3. The number of ether oxygens (including phenoxy) is 1. The maximum Gasteiger partial charge on any atom is 0.223 e. The van der Waals surface area contributed by atoms with E-state index in [1.165, 1.54) is 0 Å². The van der Waals surface area contributed by atoms with E-state index in [-0.39, 0.29) is 12.3 Å². The average molecular weight is 327 g/mol. The predicted octanol–water partition coefficient (Wildman–Crippen LogP) is 2.96. The molecular weight excluding hydrogens is 302 g/mol. The molecule has 128 valence electrons. The Balaban J connectivity index is 1.89. The zero-order valence-corrected chi connectivity index (χ0v) is 14.5. The molecule has 0 saturated heterocycles. The van der Waals surface area contributed by atoms with E-state index in [1.54, 1.807) is 14.0 Å². The van der Waals surface area contributed by atoms with Gasteiger partial charge in [-0.05, 0) is 37.5 Å². The number of carbonyl (C=O) groups is 1. The van der Waals surface area contributed by atoms with Gasteiger partial charge in [-0.1, -0.05) is 48.0 Å². The lowest BCUT2D eigenvalue weighted by Gasteiger charge is -2.23. The first-order valence-corrected chi connectivity index (χ1v) is 8.10. The number of hydrogen-bond donors (Lipinski definition) is 2. The van der Waals surface area contributed by atoms with Crippen LogP contribution >= 0.6 is 0 Å². The summed E-state index contributed by atoms with van der Waals surface area (Å²) in [5, 5.41) is 13.4. The fraction of sp³-hybridized carbons (Fsp3) is 0.350. The Morgan fingerprint density at radius 2 is 1.92 bits per heavy atom. The van der Waals surface area contributed by atoms with E-state index in [9.17, 15) is 9.90 Å². The van der Waals surface area contributed by atoms with E-state index >= 15 is 0 Å². The van der Waals surface area contributed by atoms with Crippen molar-refractivity contribution in [1.29, 1.82) is 0 Å². The molecule has 0 aliphatic heterocycles. The van der Waals surface area contributed by atoms with Gasteiger partial charge in [0, 0.05) is 6.54 Å². The molecule has 4 nitrogen and oxygen atoms in total. The Kier molecular flexibility index (Phi) is 5.99. The SMILES string of the molecule is COc1ccc(C)cc1CCNC(=O)CC(C)(O)c1ccccc1. The summed E-state index contributed by atoms with van der Waals surface area (Å²) < 4.78 is 5.34. The van der Waals surface area contributed by atoms with Gasteiger partial charge in [0.1, 0.15) is 5.75 Å². The van der Waals surface area contributed by atoms with Crippen LogP contribution in [0.5, 0.6) is 5.75 Å². The van der Waals surface area contributed by atoms with Crippen molar-refractivity contribution in [2.24, 2.45) is 0 Å². The maximum atomic E-state index is 12.1. The van der Waals surface area contributed by atoms with Crippen molar-refractivity contribution < 1.29 is 14.6 Å². The van der Waals surface area contributed by atoms with Gasteiger partial charge in [-0.25, -0.2) is 0 Å². The minimum atomic E-state index is -1.17. The minimum Gasteiger partial charge on any atom is -0.496 e. The normalized spacial score (nSPS) is 13.2. The molecule has 0 aliphatic carbocycles. The molecule has 0 bridgehead atoms. The molecule has 24 heavy (non-hydrogen) atoms. The van der Waals surface area contributed by atoms with Crippen LogP contribution in [0.2, 0.25) is 0 Å². The summed E-state index contributed by atoms with van der Waals surface area (Å²) in [6.45, 7) is 4.19. The lowest BCUT2D eigenvalue weighted by Crippen LogP contribution is -2.33. The van der Waals surface area contributed by atoms with Crippen LogP contribution in [0.1, 0.15) is 30.0 Å². The van der Waals surface area contributed by atoms with Crippen molar-refractivity contribution in [3.8, 4) is 5.75 Å². The highest BCUT2D eigenvalue weighted by Gasteiger charge is 2.26. The molecule has 1 atom stereocenters. The molecule has 1 unspecified atom stereocenters. The van der Waals surface area contributed by atoms with Gasteiger partial charge in [-0.2, -0.15) is 0 Å². The van der Waals surface area contributed by atoms with Gasteiger partial charge in [0.2, 0.25) is 5.91 Å². The summed E-state index contributed by atoms with van der Waals surface area (Å²) in [5.41, 5.74) is 1.78. The zero-order chi connectivity index (χ0) is 17.6. The third kappa shape index (κ3) is 4.83.